The smallest absolute Gasteiger partial charge is 0.283 e. The maximum absolute atomic E-state index is 13.5. The average molecular weight is 360 g/mol. The number of halogens is 2. The van der Waals surface area contributed by atoms with Gasteiger partial charge in [0.15, 0.2) is 17.3 Å². The molecule has 0 radical (unpaired) electrons. The van der Waals surface area contributed by atoms with E-state index in [2.05, 4.69) is 10.2 Å². The van der Waals surface area contributed by atoms with Crippen molar-refractivity contribution in [3.05, 3.63) is 65.2 Å². The number of hydrogen-bond acceptors (Lipinski definition) is 6. The summed E-state index contributed by atoms with van der Waals surface area (Å²) >= 11 is 1.49. The lowest BCUT2D eigenvalue weighted by Crippen LogP contribution is -1.96. The van der Waals surface area contributed by atoms with Crippen molar-refractivity contribution in [2.45, 2.75) is 6.61 Å². The molecule has 25 heavy (non-hydrogen) atoms. The zero-order chi connectivity index (χ0) is 17.2. The fourth-order valence-electron chi connectivity index (χ4n) is 2.13. The van der Waals surface area contributed by atoms with Gasteiger partial charge in [-0.2, -0.15) is 0 Å². The number of ether oxygens (including phenoxy) is 1. The van der Waals surface area contributed by atoms with E-state index in [1.54, 1.807) is 12.1 Å². The van der Waals surface area contributed by atoms with Gasteiger partial charge in [-0.05, 0) is 35.7 Å². The molecule has 0 unspecified atom stereocenters. The summed E-state index contributed by atoms with van der Waals surface area (Å²) in [4.78, 5) is 0.862. The van der Waals surface area contributed by atoms with E-state index in [4.69, 9.17) is 13.6 Å². The second-order valence-electron chi connectivity index (χ2n) is 5.02. The number of rotatable bonds is 5. The van der Waals surface area contributed by atoms with Gasteiger partial charge in [0.05, 0.1) is 4.88 Å². The molecule has 0 aliphatic carbocycles. The molecule has 1 aromatic carbocycles. The highest BCUT2D eigenvalue weighted by Gasteiger charge is 2.15. The summed E-state index contributed by atoms with van der Waals surface area (Å²) in [6.07, 6.45) is 0. The third kappa shape index (κ3) is 3.29. The van der Waals surface area contributed by atoms with Crippen LogP contribution in [0.4, 0.5) is 8.78 Å². The van der Waals surface area contributed by atoms with Crippen LogP contribution in [0.3, 0.4) is 0 Å². The minimum atomic E-state index is -0.774. The predicted octanol–water partition coefficient (Wildman–Crippen LogP) is 4.92. The summed E-state index contributed by atoms with van der Waals surface area (Å²) in [6.45, 7) is -0.0194. The number of hydrogen-bond donors (Lipinski definition) is 0. The van der Waals surface area contributed by atoms with Crippen LogP contribution in [0.25, 0.3) is 22.4 Å². The molecule has 3 heterocycles. The molecular weight excluding hydrogens is 350 g/mol. The highest BCUT2D eigenvalue weighted by atomic mass is 32.1. The van der Waals surface area contributed by atoms with Crippen LogP contribution < -0.4 is 4.74 Å². The Labute approximate surface area is 144 Å². The normalized spacial score (nSPS) is 11.0. The highest BCUT2D eigenvalue weighted by molar-refractivity contribution is 7.13. The molecule has 4 aromatic rings. The van der Waals surface area contributed by atoms with Gasteiger partial charge in [0.1, 0.15) is 18.2 Å². The largest absolute Gasteiger partial charge is 0.483 e. The van der Waals surface area contributed by atoms with Crippen LogP contribution in [-0.4, -0.2) is 10.2 Å². The van der Waals surface area contributed by atoms with E-state index in [0.717, 1.165) is 17.0 Å². The van der Waals surface area contributed by atoms with Crippen molar-refractivity contribution in [3.8, 4) is 28.2 Å². The Kier molecular flexibility index (Phi) is 4.02. The minimum Gasteiger partial charge on any atom is -0.483 e. The maximum atomic E-state index is 13.5. The van der Waals surface area contributed by atoms with Gasteiger partial charge in [-0.1, -0.05) is 6.07 Å². The van der Waals surface area contributed by atoms with Crippen LogP contribution in [0.15, 0.2) is 56.7 Å². The molecule has 4 rings (SSSR count). The minimum absolute atomic E-state index is 0.0194. The first kappa shape index (κ1) is 15.5. The Bertz CT molecular complexity index is 995. The van der Waals surface area contributed by atoms with Crippen LogP contribution >= 0.6 is 11.3 Å². The number of furan rings is 1. The molecule has 5 nitrogen and oxygen atoms in total. The van der Waals surface area contributed by atoms with E-state index in [1.807, 2.05) is 17.5 Å². The zero-order valence-electron chi connectivity index (χ0n) is 12.6. The maximum Gasteiger partial charge on any atom is 0.283 e. The third-order valence-electron chi connectivity index (χ3n) is 3.29. The van der Waals surface area contributed by atoms with Gasteiger partial charge < -0.3 is 13.6 Å². The van der Waals surface area contributed by atoms with Crippen LogP contribution in [0.1, 0.15) is 5.76 Å². The first-order valence-electron chi connectivity index (χ1n) is 7.23. The standard InChI is InChI=1S/C17H10F2N2O3S/c18-10-3-5-13(12(19)8-10)22-9-11-4-6-14(23-11)16-20-21-17(24-16)15-2-1-7-25-15/h1-8H,9H2. The third-order valence-corrected chi connectivity index (χ3v) is 4.15. The van der Waals surface area contributed by atoms with E-state index in [0.29, 0.717) is 17.4 Å². The van der Waals surface area contributed by atoms with Gasteiger partial charge in [-0.25, -0.2) is 8.78 Å². The molecule has 0 atom stereocenters. The van der Waals surface area contributed by atoms with Gasteiger partial charge in [0.25, 0.3) is 11.8 Å². The zero-order valence-corrected chi connectivity index (χ0v) is 13.4. The monoisotopic (exact) mass is 360 g/mol. The van der Waals surface area contributed by atoms with E-state index in [-0.39, 0.29) is 18.2 Å². The van der Waals surface area contributed by atoms with Gasteiger partial charge in [-0.3, -0.25) is 0 Å². The fourth-order valence-corrected chi connectivity index (χ4v) is 2.78. The van der Waals surface area contributed by atoms with E-state index in [1.165, 1.54) is 17.4 Å². The van der Waals surface area contributed by atoms with E-state index < -0.39 is 11.6 Å². The Balaban J connectivity index is 1.47. The van der Waals surface area contributed by atoms with Gasteiger partial charge in [0.2, 0.25) is 0 Å². The average Bonchev–Trinajstić information content (AvgIpc) is 3.34. The number of nitrogens with zero attached hydrogens (tertiary/aromatic N) is 2. The molecule has 0 saturated carbocycles. The summed E-state index contributed by atoms with van der Waals surface area (Å²) in [5.74, 6) is -0.0252. The lowest BCUT2D eigenvalue weighted by Gasteiger charge is -2.05. The molecule has 126 valence electrons. The Morgan fingerprint density at radius 1 is 1.00 bits per heavy atom. The molecule has 0 amide bonds. The SMILES string of the molecule is Fc1ccc(OCc2ccc(-c3nnc(-c4cccs4)o3)o2)c(F)c1. The molecule has 0 bridgehead atoms. The molecule has 0 aliphatic heterocycles. The van der Waals surface area contributed by atoms with Gasteiger partial charge >= 0.3 is 0 Å². The van der Waals surface area contributed by atoms with Crippen molar-refractivity contribution >= 4 is 11.3 Å². The van der Waals surface area contributed by atoms with Crippen LogP contribution in [0, 0.1) is 11.6 Å². The van der Waals surface area contributed by atoms with Gasteiger partial charge in [-0.15, -0.1) is 21.5 Å². The van der Waals surface area contributed by atoms with E-state index in [9.17, 15) is 8.78 Å². The van der Waals surface area contributed by atoms with Crippen molar-refractivity contribution in [1.82, 2.24) is 10.2 Å². The number of aromatic nitrogens is 2. The molecular formula is C17H10F2N2O3S. The quantitative estimate of drug-likeness (QED) is 0.506. The van der Waals surface area contributed by atoms with Crippen molar-refractivity contribution < 1.29 is 22.4 Å². The van der Waals surface area contributed by atoms with Crippen molar-refractivity contribution in [2.24, 2.45) is 0 Å². The molecule has 0 fully saturated rings. The summed E-state index contributed by atoms with van der Waals surface area (Å²) in [6, 6.07) is 10.2. The van der Waals surface area contributed by atoms with Crippen molar-refractivity contribution in [2.75, 3.05) is 0 Å². The number of benzene rings is 1. The highest BCUT2D eigenvalue weighted by Crippen LogP contribution is 2.28. The van der Waals surface area contributed by atoms with Crippen molar-refractivity contribution in [1.29, 1.82) is 0 Å². The molecule has 8 heteroatoms. The van der Waals surface area contributed by atoms with Crippen LogP contribution in [-0.2, 0) is 6.61 Å². The van der Waals surface area contributed by atoms with Gasteiger partial charge in [0, 0.05) is 6.07 Å². The van der Waals surface area contributed by atoms with Crippen molar-refractivity contribution in [3.63, 3.8) is 0 Å². The first-order chi connectivity index (χ1) is 12.2. The lowest BCUT2D eigenvalue weighted by atomic mass is 10.3. The molecule has 0 N–H and O–H groups in total. The second-order valence-corrected chi connectivity index (χ2v) is 5.97. The fraction of sp³-hybridized carbons (Fsp3) is 0.0588. The predicted molar refractivity (Wildman–Crippen MR) is 86.0 cm³/mol. The lowest BCUT2D eigenvalue weighted by molar-refractivity contribution is 0.258. The summed E-state index contributed by atoms with van der Waals surface area (Å²) in [5, 5.41) is 9.84. The molecule has 0 aliphatic rings. The molecule has 0 spiro atoms. The first-order valence-corrected chi connectivity index (χ1v) is 8.11. The number of thiophene rings is 1. The second kappa shape index (κ2) is 6.48. The summed E-state index contributed by atoms with van der Waals surface area (Å²) in [7, 11) is 0. The van der Waals surface area contributed by atoms with Crippen LogP contribution in [0.2, 0.25) is 0 Å². The summed E-state index contributed by atoms with van der Waals surface area (Å²) < 4.78 is 42.8. The van der Waals surface area contributed by atoms with Crippen LogP contribution in [0.5, 0.6) is 5.75 Å². The Morgan fingerprint density at radius 3 is 2.68 bits per heavy atom. The molecule has 3 aromatic heterocycles. The topological polar surface area (TPSA) is 61.3 Å². The van der Waals surface area contributed by atoms with E-state index >= 15 is 0 Å². The summed E-state index contributed by atoms with van der Waals surface area (Å²) in [5.41, 5.74) is 0. The molecule has 0 saturated heterocycles. The Morgan fingerprint density at radius 2 is 1.88 bits per heavy atom. The Hall–Kier alpha value is -3.00.